The first-order valence-electron chi connectivity index (χ1n) is 5.35. The van der Waals surface area contributed by atoms with Gasteiger partial charge >= 0.3 is 5.97 Å². The van der Waals surface area contributed by atoms with Crippen molar-refractivity contribution in [2.45, 2.75) is 44.7 Å². The van der Waals surface area contributed by atoms with Crippen molar-refractivity contribution in [2.24, 2.45) is 11.7 Å². The summed E-state index contributed by atoms with van der Waals surface area (Å²) in [4.78, 5) is 22.3. The summed E-state index contributed by atoms with van der Waals surface area (Å²) in [5.74, 6) is -1.22. The Bertz CT molecular complexity index is 251. The number of carbonyl (C=O) groups excluding carboxylic acids is 1. The highest BCUT2D eigenvalue weighted by Crippen LogP contribution is 2.32. The molecule has 1 saturated carbocycles. The SMILES string of the molecule is CCCC(N)C(=O)NC(C(=O)O)C1CC1. The molecule has 0 aromatic carbocycles. The smallest absolute Gasteiger partial charge is 0.326 e. The number of carbonyl (C=O) groups is 2. The van der Waals surface area contributed by atoms with E-state index in [0.717, 1.165) is 19.3 Å². The van der Waals surface area contributed by atoms with Crippen molar-refractivity contribution in [1.29, 1.82) is 0 Å². The minimum atomic E-state index is -0.963. The zero-order valence-electron chi connectivity index (χ0n) is 8.90. The zero-order chi connectivity index (χ0) is 11.4. The summed E-state index contributed by atoms with van der Waals surface area (Å²) in [6.45, 7) is 1.93. The lowest BCUT2D eigenvalue weighted by molar-refractivity contribution is -0.142. The van der Waals surface area contributed by atoms with Crippen LogP contribution in [0.25, 0.3) is 0 Å². The van der Waals surface area contributed by atoms with E-state index < -0.39 is 18.1 Å². The van der Waals surface area contributed by atoms with Gasteiger partial charge in [-0.05, 0) is 25.2 Å². The molecule has 0 aromatic heterocycles. The molecule has 0 saturated heterocycles. The Morgan fingerprint density at radius 2 is 2.13 bits per heavy atom. The van der Waals surface area contributed by atoms with Crippen molar-refractivity contribution in [1.82, 2.24) is 5.32 Å². The van der Waals surface area contributed by atoms with Gasteiger partial charge in [0, 0.05) is 0 Å². The van der Waals surface area contributed by atoms with Crippen molar-refractivity contribution in [3.63, 3.8) is 0 Å². The van der Waals surface area contributed by atoms with E-state index in [1.54, 1.807) is 0 Å². The molecule has 1 fully saturated rings. The van der Waals surface area contributed by atoms with E-state index in [9.17, 15) is 9.59 Å². The Morgan fingerprint density at radius 1 is 1.53 bits per heavy atom. The average molecular weight is 214 g/mol. The molecule has 4 N–H and O–H groups in total. The Morgan fingerprint density at radius 3 is 2.53 bits per heavy atom. The van der Waals surface area contributed by atoms with Crippen LogP contribution in [0.3, 0.4) is 0 Å². The summed E-state index contributed by atoms with van der Waals surface area (Å²) in [6.07, 6.45) is 3.15. The van der Waals surface area contributed by atoms with Crippen LogP contribution in [-0.4, -0.2) is 29.1 Å². The van der Waals surface area contributed by atoms with E-state index >= 15 is 0 Å². The second-order valence-corrected chi connectivity index (χ2v) is 4.06. The summed E-state index contributed by atoms with van der Waals surface area (Å²) in [5, 5.41) is 11.4. The molecule has 0 bridgehead atoms. The molecule has 86 valence electrons. The summed E-state index contributed by atoms with van der Waals surface area (Å²) >= 11 is 0. The summed E-state index contributed by atoms with van der Waals surface area (Å²) in [5.41, 5.74) is 5.59. The molecule has 0 spiro atoms. The van der Waals surface area contributed by atoms with Crippen LogP contribution >= 0.6 is 0 Å². The highest BCUT2D eigenvalue weighted by Gasteiger charge is 2.37. The molecule has 0 radical (unpaired) electrons. The van der Waals surface area contributed by atoms with Gasteiger partial charge in [-0.1, -0.05) is 13.3 Å². The number of nitrogens with two attached hydrogens (primary N) is 1. The maximum Gasteiger partial charge on any atom is 0.326 e. The standard InChI is InChI=1S/C10H18N2O3/c1-2-3-7(11)9(13)12-8(10(14)15)6-4-5-6/h6-8H,2-5,11H2,1H3,(H,12,13)(H,14,15). The van der Waals surface area contributed by atoms with Crippen LogP contribution in [-0.2, 0) is 9.59 Å². The summed E-state index contributed by atoms with van der Waals surface area (Å²) in [6, 6.07) is -1.34. The minimum absolute atomic E-state index is 0.0975. The van der Waals surface area contributed by atoms with E-state index in [1.807, 2.05) is 6.92 Å². The quantitative estimate of drug-likeness (QED) is 0.584. The van der Waals surface area contributed by atoms with Gasteiger partial charge < -0.3 is 16.2 Å². The van der Waals surface area contributed by atoms with E-state index in [4.69, 9.17) is 10.8 Å². The second kappa shape index (κ2) is 5.11. The fourth-order valence-corrected chi connectivity index (χ4v) is 1.51. The van der Waals surface area contributed by atoms with Crippen LogP contribution in [0, 0.1) is 5.92 Å². The van der Waals surface area contributed by atoms with E-state index in [1.165, 1.54) is 0 Å². The van der Waals surface area contributed by atoms with Crippen LogP contribution in [0.5, 0.6) is 0 Å². The monoisotopic (exact) mass is 214 g/mol. The molecule has 1 rings (SSSR count). The first-order chi connectivity index (χ1) is 7.06. The zero-order valence-corrected chi connectivity index (χ0v) is 8.90. The number of carboxylic acid groups (broad SMARTS) is 1. The average Bonchev–Trinajstić information content (AvgIpc) is 2.97. The first-order valence-corrected chi connectivity index (χ1v) is 5.35. The molecule has 15 heavy (non-hydrogen) atoms. The molecule has 0 aliphatic heterocycles. The minimum Gasteiger partial charge on any atom is -0.480 e. The predicted molar refractivity (Wildman–Crippen MR) is 55.2 cm³/mol. The van der Waals surface area contributed by atoms with Gasteiger partial charge in [0.1, 0.15) is 6.04 Å². The first kappa shape index (κ1) is 12.0. The number of aliphatic carboxylic acids is 1. The van der Waals surface area contributed by atoms with Crippen LogP contribution < -0.4 is 11.1 Å². The van der Waals surface area contributed by atoms with Crippen LogP contribution in [0.2, 0.25) is 0 Å². The van der Waals surface area contributed by atoms with Gasteiger partial charge in [-0.3, -0.25) is 4.79 Å². The third kappa shape index (κ3) is 3.51. The highest BCUT2D eigenvalue weighted by atomic mass is 16.4. The summed E-state index contributed by atoms with van der Waals surface area (Å²) < 4.78 is 0. The molecular formula is C10H18N2O3. The Balaban J connectivity index is 2.43. The number of carboxylic acids is 1. The maximum atomic E-state index is 11.5. The molecule has 2 unspecified atom stereocenters. The molecular weight excluding hydrogens is 196 g/mol. The largest absolute Gasteiger partial charge is 0.480 e. The van der Waals surface area contributed by atoms with Crippen LogP contribution in [0.4, 0.5) is 0 Å². The van der Waals surface area contributed by atoms with E-state index in [2.05, 4.69) is 5.32 Å². The normalized spacial score (nSPS) is 19.3. The van der Waals surface area contributed by atoms with Crippen molar-refractivity contribution in [3.8, 4) is 0 Å². The van der Waals surface area contributed by atoms with Crippen molar-refractivity contribution < 1.29 is 14.7 Å². The van der Waals surface area contributed by atoms with Gasteiger partial charge in [0.25, 0.3) is 0 Å². The van der Waals surface area contributed by atoms with Gasteiger partial charge in [-0.15, -0.1) is 0 Å². The van der Waals surface area contributed by atoms with Crippen molar-refractivity contribution >= 4 is 11.9 Å². The molecule has 5 heteroatoms. The van der Waals surface area contributed by atoms with Gasteiger partial charge in [-0.2, -0.15) is 0 Å². The third-order valence-corrected chi connectivity index (χ3v) is 2.59. The van der Waals surface area contributed by atoms with Crippen LogP contribution in [0.1, 0.15) is 32.6 Å². The molecule has 0 heterocycles. The van der Waals surface area contributed by atoms with Gasteiger partial charge in [-0.25, -0.2) is 4.79 Å². The Hall–Kier alpha value is -1.10. The fourth-order valence-electron chi connectivity index (χ4n) is 1.51. The molecule has 2 atom stereocenters. The lowest BCUT2D eigenvalue weighted by Crippen LogP contribution is -2.49. The lowest BCUT2D eigenvalue weighted by atomic mass is 10.1. The van der Waals surface area contributed by atoms with Gasteiger partial charge in [0.05, 0.1) is 6.04 Å². The number of nitrogens with one attached hydrogen (secondary N) is 1. The van der Waals surface area contributed by atoms with Crippen molar-refractivity contribution in [3.05, 3.63) is 0 Å². The number of hydrogen-bond acceptors (Lipinski definition) is 3. The van der Waals surface area contributed by atoms with Crippen molar-refractivity contribution in [2.75, 3.05) is 0 Å². The maximum absolute atomic E-state index is 11.5. The van der Waals surface area contributed by atoms with E-state index in [0.29, 0.717) is 6.42 Å². The van der Waals surface area contributed by atoms with Crippen LogP contribution in [0.15, 0.2) is 0 Å². The Kier molecular flexibility index (Phi) is 4.08. The molecule has 1 aliphatic rings. The topological polar surface area (TPSA) is 92.4 Å². The lowest BCUT2D eigenvalue weighted by Gasteiger charge is -2.16. The van der Waals surface area contributed by atoms with Gasteiger partial charge in [0.15, 0.2) is 0 Å². The predicted octanol–water partition coefficient (Wildman–Crippen LogP) is 0.0932. The molecule has 1 aliphatic carbocycles. The Labute approximate surface area is 89.0 Å². The number of amides is 1. The second-order valence-electron chi connectivity index (χ2n) is 4.06. The summed E-state index contributed by atoms with van der Waals surface area (Å²) in [7, 11) is 0. The molecule has 5 nitrogen and oxygen atoms in total. The third-order valence-electron chi connectivity index (χ3n) is 2.59. The number of rotatable bonds is 6. The van der Waals surface area contributed by atoms with E-state index in [-0.39, 0.29) is 11.8 Å². The highest BCUT2D eigenvalue weighted by molar-refractivity contribution is 5.87. The molecule has 0 aromatic rings. The van der Waals surface area contributed by atoms with Gasteiger partial charge in [0.2, 0.25) is 5.91 Å². The number of hydrogen-bond donors (Lipinski definition) is 3. The fraction of sp³-hybridized carbons (Fsp3) is 0.800. The molecule has 1 amide bonds.